The van der Waals surface area contributed by atoms with Crippen molar-refractivity contribution in [3.8, 4) is 0 Å². The van der Waals surface area contributed by atoms with Crippen molar-refractivity contribution in [1.82, 2.24) is 9.63 Å². The van der Waals surface area contributed by atoms with Gasteiger partial charge in [0.05, 0.1) is 25.5 Å². The predicted octanol–water partition coefficient (Wildman–Crippen LogP) is 4.18. The van der Waals surface area contributed by atoms with Crippen LogP contribution in [0.4, 0.5) is 17.1 Å². The molecule has 0 saturated carbocycles. The molecule has 1 heterocycles. The highest BCUT2D eigenvalue weighted by Crippen LogP contribution is 2.26. The second kappa shape index (κ2) is 5.48. The van der Waals surface area contributed by atoms with E-state index in [2.05, 4.69) is 15.2 Å². The molecule has 20 heavy (non-hydrogen) atoms. The molecule has 5 nitrogen and oxygen atoms in total. The Bertz CT molecular complexity index is 607. The van der Waals surface area contributed by atoms with E-state index >= 15 is 0 Å². The molecule has 104 valence electrons. The molecule has 2 rings (SSSR count). The van der Waals surface area contributed by atoms with Gasteiger partial charge >= 0.3 is 0 Å². The number of hydrogen-bond donors (Lipinski definition) is 0. The summed E-state index contributed by atoms with van der Waals surface area (Å²) in [6.45, 7) is 3.91. The number of hydrogen-bond acceptors (Lipinski definition) is 4. The van der Waals surface area contributed by atoms with Gasteiger partial charge in [0.2, 0.25) is 0 Å². The molecule has 0 aliphatic carbocycles. The third-order valence-electron chi connectivity index (χ3n) is 3.02. The first-order valence-electron chi connectivity index (χ1n) is 6.36. The summed E-state index contributed by atoms with van der Waals surface area (Å²) >= 11 is 0. The van der Waals surface area contributed by atoms with Crippen LogP contribution in [0, 0.1) is 19.1 Å². The van der Waals surface area contributed by atoms with Crippen LogP contribution in [0.1, 0.15) is 11.1 Å². The molecule has 2 aromatic rings. The maximum atomic E-state index is 11.8. The van der Waals surface area contributed by atoms with Gasteiger partial charge in [0.25, 0.3) is 0 Å². The zero-order chi connectivity index (χ0) is 14.8. The van der Waals surface area contributed by atoms with Gasteiger partial charge in [-0.15, -0.1) is 5.11 Å². The summed E-state index contributed by atoms with van der Waals surface area (Å²) < 4.78 is -0.458. The lowest BCUT2D eigenvalue weighted by atomic mass is 10.2. The Morgan fingerprint density at radius 1 is 0.950 bits per heavy atom. The number of pyridine rings is 1. The number of nitrogens with zero attached hydrogens (tertiary/aromatic N) is 4. The number of rotatable bonds is 3. The van der Waals surface area contributed by atoms with E-state index in [1.54, 1.807) is 50.8 Å². The van der Waals surface area contributed by atoms with Crippen molar-refractivity contribution in [2.75, 3.05) is 14.1 Å². The molecular weight excluding hydrogens is 252 g/mol. The fourth-order valence-electron chi connectivity index (χ4n) is 1.84. The zero-order valence-electron chi connectivity index (χ0n) is 12.2. The number of quaternary nitrogens is 1. The largest absolute Gasteiger partial charge is 0.628 e. The van der Waals surface area contributed by atoms with Crippen LogP contribution in [0.15, 0.2) is 46.9 Å². The molecule has 0 atom stereocenters. The summed E-state index contributed by atoms with van der Waals surface area (Å²) in [5.74, 6) is 0. The van der Waals surface area contributed by atoms with Gasteiger partial charge in [-0.2, -0.15) is 5.11 Å². The van der Waals surface area contributed by atoms with Crippen molar-refractivity contribution in [2.24, 2.45) is 10.2 Å². The van der Waals surface area contributed by atoms with Crippen molar-refractivity contribution in [3.05, 3.63) is 53.0 Å². The SMILES string of the molecule is Cc1cncc(C)c1N=Nc1ccc([N+](C)(C)[O-])cc1. The van der Waals surface area contributed by atoms with Gasteiger partial charge in [-0.05, 0) is 37.1 Å². The van der Waals surface area contributed by atoms with Crippen molar-refractivity contribution in [1.29, 1.82) is 0 Å². The molecule has 0 N–H and O–H groups in total. The second-order valence-electron chi connectivity index (χ2n) is 5.19. The summed E-state index contributed by atoms with van der Waals surface area (Å²) in [4.78, 5) is 4.10. The van der Waals surface area contributed by atoms with E-state index in [-0.39, 0.29) is 0 Å². The molecule has 1 aromatic carbocycles. The first kappa shape index (κ1) is 14.3. The summed E-state index contributed by atoms with van der Waals surface area (Å²) in [7, 11) is 3.17. The van der Waals surface area contributed by atoms with Crippen LogP contribution < -0.4 is 4.65 Å². The van der Waals surface area contributed by atoms with Gasteiger partial charge in [-0.1, -0.05) is 0 Å². The number of aromatic nitrogens is 1. The second-order valence-corrected chi connectivity index (χ2v) is 5.19. The monoisotopic (exact) mass is 270 g/mol. The Morgan fingerprint density at radius 3 is 2.00 bits per heavy atom. The molecule has 0 radical (unpaired) electrons. The lowest BCUT2D eigenvalue weighted by Gasteiger charge is -2.32. The fourth-order valence-corrected chi connectivity index (χ4v) is 1.84. The minimum Gasteiger partial charge on any atom is -0.628 e. The van der Waals surface area contributed by atoms with E-state index in [1.807, 2.05) is 13.8 Å². The smallest absolute Gasteiger partial charge is 0.132 e. The summed E-state index contributed by atoms with van der Waals surface area (Å²) in [5, 5.41) is 20.2. The first-order chi connectivity index (χ1) is 9.38. The third kappa shape index (κ3) is 3.26. The van der Waals surface area contributed by atoms with Crippen molar-refractivity contribution in [2.45, 2.75) is 13.8 Å². The van der Waals surface area contributed by atoms with Gasteiger partial charge < -0.3 is 9.85 Å². The van der Waals surface area contributed by atoms with E-state index in [9.17, 15) is 5.21 Å². The molecular formula is C15H18N4O. The van der Waals surface area contributed by atoms with Crippen LogP contribution >= 0.6 is 0 Å². The minimum atomic E-state index is -0.458. The molecule has 0 saturated heterocycles. The lowest BCUT2D eigenvalue weighted by Crippen LogP contribution is -2.32. The standard InChI is InChI=1S/C15H18N4O/c1-11-9-16-10-12(2)15(11)18-17-13-5-7-14(8-6-13)19(3,4)20/h5-10H,1-4H3. The number of aryl methyl sites for hydroxylation is 2. The topological polar surface area (TPSA) is 60.7 Å². The van der Waals surface area contributed by atoms with Crippen molar-refractivity contribution in [3.63, 3.8) is 0 Å². The average molecular weight is 270 g/mol. The van der Waals surface area contributed by atoms with Crippen LogP contribution in [0.5, 0.6) is 0 Å². The van der Waals surface area contributed by atoms with Crippen LogP contribution in [0.3, 0.4) is 0 Å². The van der Waals surface area contributed by atoms with Gasteiger partial charge in [-0.25, -0.2) is 0 Å². The molecule has 0 spiro atoms. The van der Waals surface area contributed by atoms with E-state index in [4.69, 9.17) is 0 Å². The normalized spacial score (nSPS) is 12.1. The Kier molecular flexibility index (Phi) is 3.92. The maximum absolute atomic E-state index is 11.8. The fraction of sp³-hybridized carbons (Fsp3) is 0.267. The van der Waals surface area contributed by atoms with E-state index in [0.29, 0.717) is 5.69 Å². The molecule has 0 aliphatic rings. The number of azo groups is 1. The summed E-state index contributed by atoms with van der Waals surface area (Å²) in [6.07, 6.45) is 3.53. The van der Waals surface area contributed by atoms with E-state index < -0.39 is 4.65 Å². The zero-order valence-corrected chi connectivity index (χ0v) is 12.2. The van der Waals surface area contributed by atoms with E-state index in [0.717, 1.165) is 22.5 Å². The number of hydroxylamine groups is 2. The Labute approximate surface area is 118 Å². The molecule has 0 aliphatic heterocycles. The highest BCUT2D eigenvalue weighted by atomic mass is 16.5. The molecule has 0 fully saturated rings. The Balaban J connectivity index is 2.24. The number of benzene rings is 1. The first-order valence-corrected chi connectivity index (χ1v) is 6.36. The molecule has 0 unspecified atom stereocenters. The van der Waals surface area contributed by atoms with Crippen LogP contribution in [-0.4, -0.2) is 19.1 Å². The average Bonchev–Trinajstić information content (AvgIpc) is 2.37. The molecule has 0 amide bonds. The van der Waals surface area contributed by atoms with Gasteiger partial charge in [0.1, 0.15) is 5.69 Å². The lowest BCUT2D eigenvalue weighted by molar-refractivity contribution is 0.543. The van der Waals surface area contributed by atoms with Crippen molar-refractivity contribution >= 4 is 17.1 Å². The highest BCUT2D eigenvalue weighted by Gasteiger charge is 2.06. The quantitative estimate of drug-likeness (QED) is 0.477. The maximum Gasteiger partial charge on any atom is 0.132 e. The van der Waals surface area contributed by atoms with Crippen LogP contribution in [-0.2, 0) is 0 Å². The van der Waals surface area contributed by atoms with Crippen molar-refractivity contribution < 1.29 is 0 Å². The van der Waals surface area contributed by atoms with Gasteiger partial charge in [-0.3, -0.25) is 4.98 Å². The van der Waals surface area contributed by atoms with Crippen LogP contribution in [0.25, 0.3) is 0 Å². The Hall–Kier alpha value is -2.11. The molecule has 1 aromatic heterocycles. The summed E-state index contributed by atoms with van der Waals surface area (Å²) in [5.41, 5.74) is 4.22. The Morgan fingerprint density at radius 2 is 1.50 bits per heavy atom. The molecule has 5 heteroatoms. The highest BCUT2D eigenvalue weighted by molar-refractivity contribution is 5.52. The van der Waals surface area contributed by atoms with Crippen LogP contribution in [0.2, 0.25) is 0 Å². The minimum absolute atomic E-state index is 0.458. The predicted molar refractivity (Wildman–Crippen MR) is 81.3 cm³/mol. The third-order valence-corrected chi connectivity index (χ3v) is 3.02. The summed E-state index contributed by atoms with van der Waals surface area (Å²) in [6, 6.07) is 7.13. The van der Waals surface area contributed by atoms with E-state index in [1.165, 1.54) is 0 Å². The molecule has 0 bridgehead atoms. The van der Waals surface area contributed by atoms with Gasteiger partial charge in [0.15, 0.2) is 0 Å². The van der Waals surface area contributed by atoms with Gasteiger partial charge in [0, 0.05) is 24.5 Å².